The van der Waals surface area contributed by atoms with Crippen LogP contribution < -0.4 is 4.74 Å². The van der Waals surface area contributed by atoms with Crippen molar-refractivity contribution in [1.29, 1.82) is 0 Å². The third-order valence-electron chi connectivity index (χ3n) is 4.03. The predicted molar refractivity (Wildman–Crippen MR) is 108 cm³/mol. The molecule has 0 aliphatic carbocycles. The molecule has 0 unspecified atom stereocenters. The van der Waals surface area contributed by atoms with E-state index in [1.165, 1.54) is 11.8 Å². The van der Waals surface area contributed by atoms with Gasteiger partial charge in [-0.25, -0.2) is 0 Å². The number of rotatable bonds is 6. The first-order chi connectivity index (χ1) is 12.6. The number of amides is 1. The van der Waals surface area contributed by atoms with Crippen molar-refractivity contribution in [1.82, 2.24) is 4.90 Å². The van der Waals surface area contributed by atoms with Crippen molar-refractivity contribution >= 4 is 46.6 Å². The van der Waals surface area contributed by atoms with Gasteiger partial charge in [-0.15, -0.1) is 0 Å². The van der Waals surface area contributed by atoms with Crippen LogP contribution in [-0.4, -0.2) is 35.1 Å². The number of nitrogens with zero attached hydrogens (tertiary/aromatic N) is 1. The van der Waals surface area contributed by atoms with Crippen LogP contribution in [0.1, 0.15) is 21.5 Å². The molecule has 132 valence electrons. The molecule has 26 heavy (non-hydrogen) atoms. The standard InChI is InChI=1S/C20H17NO3S2/c1-24-17-8-6-14(7-9-17)10-11-21-19(23)18(26-20(21)25)12-15-2-4-16(13-22)5-3-15/h2-9,12-13H,10-11H2,1H3/b18-12+. The van der Waals surface area contributed by atoms with E-state index in [-0.39, 0.29) is 5.91 Å². The Morgan fingerprint density at radius 3 is 2.35 bits per heavy atom. The van der Waals surface area contributed by atoms with E-state index in [0.717, 1.165) is 29.6 Å². The smallest absolute Gasteiger partial charge is 0.266 e. The quantitative estimate of drug-likeness (QED) is 0.429. The highest BCUT2D eigenvalue weighted by atomic mass is 32.2. The van der Waals surface area contributed by atoms with E-state index in [1.807, 2.05) is 36.4 Å². The predicted octanol–water partition coefficient (Wildman–Crippen LogP) is 3.95. The molecule has 0 radical (unpaired) electrons. The van der Waals surface area contributed by atoms with Gasteiger partial charge in [0, 0.05) is 12.1 Å². The molecule has 0 atom stereocenters. The van der Waals surface area contributed by atoms with Crippen LogP contribution in [0.3, 0.4) is 0 Å². The molecular formula is C20H17NO3S2. The molecule has 1 aliphatic rings. The van der Waals surface area contributed by atoms with Crippen LogP contribution in [0.4, 0.5) is 0 Å². The Bertz CT molecular complexity index is 858. The largest absolute Gasteiger partial charge is 0.497 e. The van der Waals surface area contributed by atoms with Crippen molar-refractivity contribution in [2.45, 2.75) is 6.42 Å². The SMILES string of the molecule is COc1ccc(CCN2C(=O)/C(=C\c3ccc(C=O)cc3)SC2=S)cc1. The van der Waals surface area contributed by atoms with Crippen LogP contribution in [0, 0.1) is 0 Å². The Balaban J connectivity index is 1.67. The molecule has 0 aromatic heterocycles. The zero-order chi connectivity index (χ0) is 18.5. The summed E-state index contributed by atoms with van der Waals surface area (Å²) >= 11 is 6.67. The Labute approximate surface area is 161 Å². The molecule has 1 fully saturated rings. The van der Waals surface area contributed by atoms with E-state index >= 15 is 0 Å². The highest BCUT2D eigenvalue weighted by molar-refractivity contribution is 8.26. The fraction of sp³-hybridized carbons (Fsp3) is 0.150. The molecule has 1 aliphatic heterocycles. The van der Waals surface area contributed by atoms with E-state index in [1.54, 1.807) is 30.2 Å². The summed E-state index contributed by atoms with van der Waals surface area (Å²) in [6.45, 7) is 0.540. The Hall–Kier alpha value is -2.44. The number of ether oxygens (including phenoxy) is 1. The first kappa shape index (κ1) is 18.4. The molecule has 4 nitrogen and oxygen atoms in total. The van der Waals surface area contributed by atoms with Crippen LogP contribution in [-0.2, 0) is 11.2 Å². The van der Waals surface area contributed by atoms with Gasteiger partial charge >= 0.3 is 0 Å². The lowest BCUT2D eigenvalue weighted by Gasteiger charge is -2.14. The summed E-state index contributed by atoms with van der Waals surface area (Å²) in [7, 11) is 1.63. The summed E-state index contributed by atoms with van der Waals surface area (Å²) in [5.74, 6) is 0.732. The summed E-state index contributed by atoms with van der Waals surface area (Å²) in [5.41, 5.74) is 2.59. The number of carbonyl (C=O) groups is 2. The normalized spacial score (nSPS) is 15.6. The third kappa shape index (κ3) is 4.20. The monoisotopic (exact) mass is 383 g/mol. The summed E-state index contributed by atoms with van der Waals surface area (Å²) in [4.78, 5) is 25.6. The van der Waals surface area contributed by atoms with Gasteiger partial charge in [0.1, 0.15) is 16.4 Å². The lowest BCUT2D eigenvalue weighted by molar-refractivity contribution is -0.122. The average Bonchev–Trinajstić information content (AvgIpc) is 2.94. The number of thioether (sulfide) groups is 1. The molecule has 1 saturated heterocycles. The van der Waals surface area contributed by atoms with Crippen LogP contribution in [0.25, 0.3) is 6.08 Å². The summed E-state index contributed by atoms with van der Waals surface area (Å²) in [6.07, 6.45) is 3.32. The second-order valence-electron chi connectivity index (χ2n) is 5.72. The van der Waals surface area contributed by atoms with Gasteiger partial charge in [0.15, 0.2) is 0 Å². The Kier molecular flexibility index (Phi) is 5.85. The molecular weight excluding hydrogens is 366 g/mol. The van der Waals surface area contributed by atoms with E-state index in [2.05, 4.69) is 0 Å². The molecule has 2 aromatic rings. The lowest BCUT2D eigenvalue weighted by Crippen LogP contribution is -2.30. The van der Waals surface area contributed by atoms with Gasteiger partial charge in [-0.3, -0.25) is 14.5 Å². The number of hydrogen-bond donors (Lipinski definition) is 0. The van der Waals surface area contributed by atoms with Gasteiger partial charge in [-0.2, -0.15) is 0 Å². The molecule has 1 heterocycles. The topological polar surface area (TPSA) is 46.6 Å². The van der Waals surface area contributed by atoms with E-state index in [9.17, 15) is 9.59 Å². The molecule has 3 rings (SSSR count). The first-order valence-corrected chi connectivity index (χ1v) is 9.27. The maximum atomic E-state index is 12.6. The minimum absolute atomic E-state index is 0.0759. The van der Waals surface area contributed by atoms with Gasteiger partial charge in [0.2, 0.25) is 0 Å². The highest BCUT2D eigenvalue weighted by Crippen LogP contribution is 2.32. The molecule has 0 saturated carbocycles. The van der Waals surface area contributed by atoms with Crippen molar-refractivity contribution in [2.24, 2.45) is 0 Å². The van der Waals surface area contributed by atoms with Crippen molar-refractivity contribution in [3.8, 4) is 5.75 Å². The van der Waals surface area contributed by atoms with E-state index in [0.29, 0.717) is 21.3 Å². The van der Waals surface area contributed by atoms with Crippen LogP contribution in [0.2, 0.25) is 0 Å². The molecule has 0 bridgehead atoms. The summed E-state index contributed by atoms with van der Waals surface area (Å²) in [5, 5.41) is 0. The summed E-state index contributed by atoms with van der Waals surface area (Å²) < 4.78 is 5.72. The Morgan fingerprint density at radius 1 is 1.08 bits per heavy atom. The average molecular weight is 383 g/mol. The first-order valence-electron chi connectivity index (χ1n) is 8.04. The van der Waals surface area contributed by atoms with Gasteiger partial charge < -0.3 is 4.74 Å². The zero-order valence-corrected chi connectivity index (χ0v) is 15.8. The van der Waals surface area contributed by atoms with Crippen LogP contribution in [0.5, 0.6) is 5.75 Å². The van der Waals surface area contributed by atoms with Gasteiger partial charge in [-0.05, 0) is 35.8 Å². The lowest BCUT2D eigenvalue weighted by atomic mass is 10.1. The van der Waals surface area contributed by atoms with Crippen molar-refractivity contribution in [2.75, 3.05) is 13.7 Å². The number of carbonyl (C=O) groups excluding carboxylic acids is 2. The fourth-order valence-corrected chi connectivity index (χ4v) is 3.86. The maximum Gasteiger partial charge on any atom is 0.266 e. The van der Waals surface area contributed by atoms with E-state index in [4.69, 9.17) is 17.0 Å². The Morgan fingerprint density at radius 2 is 1.73 bits per heavy atom. The van der Waals surface area contributed by atoms with Crippen LogP contribution in [0.15, 0.2) is 53.4 Å². The third-order valence-corrected chi connectivity index (χ3v) is 5.40. The minimum atomic E-state index is -0.0759. The number of benzene rings is 2. The van der Waals surface area contributed by atoms with Gasteiger partial charge in [-0.1, -0.05) is 60.4 Å². The van der Waals surface area contributed by atoms with Gasteiger partial charge in [0.05, 0.1) is 12.0 Å². The van der Waals surface area contributed by atoms with Crippen molar-refractivity contribution in [3.05, 3.63) is 70.1 Å². The molecule has 2 aromatic carbocycles. The van der Waals surface area contributed by atoms with E-state index < -0.39 is 0 Å². The molecule has 0 N–H and O–H groups in total. The number of hydrogen-bond acceptors (Lipinski definition) is 5. The fourth-order valence-electron chi connectivity index (χ4n) is 2.55. The summed E-state index contributed by atoms with van der Waals surface area (Å²) in [6, 6.07) is 14.9. The van der Waals surface area contributed by atoms with Gasteiger partial charge in [0.25, 0.3) is 5.91 Å². The minimum Gasteiger partial charge on any atom is -0.497 e. The maximum absolute atomic E-state index is 12.6. The second-order valence-corrected chi connectivity index (χ2v) is 7.39. The highest BCUT2D eigenvalue weighted by Gasteiger charge is 2.31. The number of thiocarbonyl (C=S) groups is 1. The molecule has 6 heteroatoms. The van der Waals surface area contributed by atoms with Crippen LogP contribution >= 0.6 is 24.0 Å². The number of methoxy groups -OCH3 is 1. The van der Waals surface area contributed by atoms with Crippen molar-refractivity contribution in [3.63, 3.8) is 0 Å². The van der Waals surface area contributed by atoms with Crippen molar-refractivity contribution < 1.29 is 14.3 Å². The number of aldehydes is 1. The zero-order valence-electron chi connectivity index (χ0n) is 14.2. The molecule has 0 spiro atoms. The molecule has 1 amide bonds. The second kappa shape index (κ2) is 8.29.